The van der Waals surface area contributed by atoms with Crippen LogP contribution in [0.2, 0.25) is 0 Å². The van der Waals surface area contributed by atoms with Crippen LogP contribution in [0.15, 0.2) is 53.7 Å². The Morgan fingerprint density at radius 2 is 1.80 bits per heavy atom. The Morgan fingerprint density at radius 3 is 2.43 bits per heavy atom. The van der Waals surface area contributed by atoms with Crippen LogP contribution in [-0.4, -0.2) is 23.7 Å². The first-order valence-corrected chi connectivity index (χ1v) is 9.66. The smallest absolute Gasteiger partial charge is 0.399 e. The van der Waals surface area contributed by atoms with Crippen LogP contribution in [0.25, 0.3) is 11.1 Å². The molecule has 1 amide bonds. The van der Waals surface area contributed by atoms with E-state index >= 15 is 0 Å². The number of rotatable bonds is 5. The third kappa shape index (κ3) is 4.68. The number of oxime groups is 1. The number of anilines is 1. The quantitative estimate of drug-likeness (QED) is 0.411. The van der Waals surface area contributed by atoms with Gasteiger partial charge in [-0.1, -0.05) is 47.6 Å². The molecule has 1 aromatic heterocycles. The van der Waals surface area contributed by atoms with Crippen molar-refractivity contribution < 1.29 is 22.8 Å². The molecule has 30 heavy (non-hydrogen) atoms. The lowest BCUT2D eigenvalue weighted by atomic mass is 10.0. The predicted octanol–water partition coefficient (Wildman–Crippen LogP) is 5.76. The molecule has 0 saturated carbocycles. The normalized spacial score (nSPS) is 12.0. The van der Waals surface area contributed by atoms with Crippen LogP contribution in [0.4, 0.5) is 18.9 Å². The van der Waals surface area contributed by atoms with Gasteiger partial charge in [0.05, 0.1) is 10.7 Å². The van der Waals surface area contributed by atoms with Gasteiger partial charge in [-0.3, -0.25) is 4.79 Å². The van der Waals surface area contributed by atoms with Gasteiger partial charge in [0, 0.05) is 11.3 Å². The third-order valence-corrected chi connectivity index (χ3v) is 5.20. The van der Waals surface area contributed by atoms with E-state index < -0.39 is 22.7 Å². The summed E-state index contributed by atoms with van der Waals surface area (Å²) in [5.41, 5.74) is 2.25. The van der Waals surface area contributed by atoms with E-state index in [0.717, 1.165) is 11.1 Å². The molecule has 9 heteroatoms. The number of benzene rings is 2. The molecule has 1 heterocycles. The number of carbonyl (C=O) groups is 1. The van der Waals surface area contributed by atoms with Gasteiger partial charge in [-0.25, -0.2) is 4.98 Å². The van der Waals surface area contributed by atoms with Crippen LogP contribution in [0.1, 0.15) is 32.9 Å². The minimum absolute atomic E-state index is 0.171. The van der Waals surface area contributed by atoms with Crippen molar-refractivity contribution in [1.82, 2.24) is 4.98 Å². The van der Waals surface area contributed by atoms with E-state index in [1.807, 2.05) is 31.2 Å². The SMILES string of the molecule is CO/N=C(/C)c1ccc(-c2ccccc2NC(=O)c2sc(C)nc2C(F)(F)F)cc1. The molecule has 0 bridgehead atoms. The Labute approximate surface area is 175 Å². The van der Waals surface area contributed by atoms with E-state index in [-0.39, 0.29) is 5.01 Å². The standard InChI is InChI=1S/C21H18F3N3O2S/c1-12(27-29-3)14-8-10-15(11-9-14)16-6-4-5-7-17(16)26-20(28)18-19(21(22,23)24)25-13(2)30-18/h4-11H,1-3H3,(H,26,28)/b27-12-. The van der Waals surface area contributed by atoms with Gasteiger partial charge >= 0.3 is 6.18 Å². The van der Waals surface area contributed by atoms with Gasteiger partial charge in [-0.15, -0.1) is 11.3 Å². The second kappa shape index (κ2) is 8.66. The van der Waals surface area contributed by atoms with Gasteiger partial charge in [-0.2, -0.15) is 13.2 Å². The molecular formula is C21H18F3N3O2S. The van der Waals surface area contributed by atoms with E-state index in [9.17, 15) is 18.0 Å². The number of para-hydroxylation sites is 1. The lowest BCUT2D eigenvalue weighted by Gasteiger charge is -2.12. The first kappa shape index (κ1) is 21.5. The number of nitrogens with one attached hydrogen (secondary N) is 1. The molecule has 0 unspecified atom stereocenters. The van der Waals surface area contributed by atoms with Crippen LogP contribution in [0.3, 0.4) is 0 Å². The van der Waals surface area contributed by atoms with Gasteiger partial charge < -0.3 is 10.2 Å². The fourth-order valence-electron chi connectivity index (χ4n) is 2.88. The highest BCUT2D eigenvalue weighted by atomic mass is 32.1. The Morgan fingerprint density at radius 1 is 1.13 bits per heavy atom. The number of nitrogens with zero attached hydrogens (tertiary/aromatic N) is 2. The van der Waals surface area contributed by atoms with Crippen LogP contribution >= 0.6 is 11.3 Å². The maximum Gasteiger partial charge on any atom is 0.435 e. The summed E-state index contributed by atoms with van der Waals surface area (Å²) in [6.07, 6.45) is -4.70. The summed E-state index contributed by atoms with van der Waals surface area (Å²) in [7, 11) is 1.46. The maximum absolute atomic E-state index is 13.2. The zero-order valence-corrected chi connectivity index (χ0v) is 17.2. The molecule has 3 rings (SSSR count). The first-order chi connectivity index (χ1) is 14.2. The van der Waals surface area contributed by atoms with Crippen molar-refractivity contribution in [2.24, 2.45) is 5.16 Å². The Kier molecular flexibility index (Phi) is 6.21. The van der Waals surface area contributed by atoms with Crippen molar-refractivity contribution in [1.29, 1.82) is 0 Å². The highest BCUT2D eigenvalue weighted by molar-refractivity contribution is 7.13. The minimum atomic E-state index is -4.70. The average molecular weight is 433 g/mol. The number of aromatic nitrogens is 1. The topological polar surface area (TPSA) is 63.6 Å². The van der Waals surface area contributed by atoms with Gasteiger partial charge in [0.2, 0.25) is 0 Å². The summed E-state index contributed by atoms with van der Waals surface area (Å²) in [5, 5.41) is 6.65. The van der Waals surface area contributed by atoms with Crippen LogP contribution in [0.5, 0.6) is 0 Å². The monoisotopic (exact) mass is 433 g/mol. The zero-order chi connectivity index (χ0) is 21.9. The lowest BCUT2D eigenvalue weighted by Crippen LogP contribution is -2.17. The Bertz CT molecular complexity index is 1090. The maximum atomic E-state index is 13.2. The fraction of sp³-hybridized carbons (Fsp3) is 0.190. The number of carbonyl (C=O) groups excluding carboxylic acids is 1. The fourth-order valence-corrected chi connectivity index (χ4v) is 3.71. The highest BCUT2D eigenvalue weighted by Crippen LogP contribution is 2.35. The molecule has 0 aliphatic rings. The van der Waals surface area contributed by atoms with Crippen molar-refractivity contribution in [2.75, 3.05) is 12.4 Å². The number of amides is 1. The number of hydrogen-bond acceptors (Lipinski definition) is 5. The third-order valence-electron chi connectivity index (χ3n) is 4.23. The van der Waals surface area contributed by atoms with Gasteiger partial charge in [-0.05, 0) is 31.0 Å². The van der Waals surface area contributed by atoms with E-state index in [4.69, 9.17) is 4.84 Å². The van der Waals surface area contributed by atoms with Crippen LogP contribution < -0.4 is 5.32 Å². The number of thiazole rings is 1. The van der Waals surface area contributed by atoms with Crippen molar-refractivity contribution >= 4 is 28.6 Å². The molecule has 1 N–H and O–H groups in total. The molecular weight excluding hydrogens is 415 g/mol. The number of halogens is 3. The lowest BCUT2D eigenvalue weighted by molar-refractivity contribution is -0.141. The second-order valence-electron chi connectivity index (χ2n) is 6.34. The molecule has 5 nitrogen and oxygen atoms in total. The summed E-state index contributed by atoms with van der Waals surface area (Å²) in [6, 6.07) is 14.3. The van der Waals surface area contributed by atoms with Gasteiger partial charge in [0.15, 0.2) is 5.69 Å². The molecule has 0 atom stereocenters. The molecule has 0 spiro atoms. The molecule has 2 aromatic carbocycles. The summed E-state index contributed by atoms with van der Waals surface area (Å²) in [4.78, 5) is 20.4. The first-order valence-electron chi connectivity index (χ1n) is 8.84. The number of aryl methyl sites for hydroxylation is 1. The van der Waals surface area contributed by atoms with Crippen molar-refractivity contribution in [3.63, 3.8) is 0 Å². The number of alkyl halides is 3. The largest absolute Gasteiger partial charge is 0.435 e. The van der Waals surface area contributed by atoms with E-state index in [1.165, 1.54) is 14.0 Å². The Hall–Kier alpha value is -3.20. The van der Waals surface area contributed by atoms with Crippen molar-refractivity contribution in [3.8, 4) is 11.1 Å². The van der Waals surface area contributed by atoms with Gasteiger partial charge in [0.25, 0.3) is 5.91 Å². The molecule has 0 aliphatic carbocycles. The average Bonchev–Trinajstić information content (AvgIpc) is 3.11. The predicted molar refractivity (Wildman–Crippen MR) is 111 cm³/mol. The Balaban J connectivity index is 1.92. The van der Waals surface area contributed by atoms with Gasteiger partial charge in [0.1, 0.15) is 12.0 Å². The molecule has 0 fully saturated rings. The van der Waals surface area contributed by atoms with E-state index in [1.54, 1.807) is 24.3 Å². The summed E-state index contributed by atoms with van der Waals surface area (Å²) in [5.74, 6) is -0.847. The van der Waals surface area contributed by atoms with Crippen LogP contribution in [0, 0.1) is 6.92 Å². The molecule has 0 saturated heterocycles. The molecule has 3 aromatic rings. The molecule has 156 valence electrons. The number of hydrogen-bond donors (Lipinski definition) is 1. The van der Waals surface area contributed by atoms with E-state index in [0.29, 0.717) is 28.3 Å². The minimum Gasteiger partial charge on any atom is -0.399 e. The van der Waals surface area contributed by atoms with Crippen molar-refractivity contribution in [2.45, 2.75) is 20.0 Å². The van der Waals surface area contributed by atoms with Crippen molar-refractivity contribution in [3.05, 3.63) is 69.7 Å². The second-order valence-corrected chi connectivity index (χ2v) is 7.55. The summed E-state index contributed by atoms with van der Waals surface area (Å²) in [6.45, 7) is 3.24. The summed E-state index contributed by atoms with van der Waals surface area (Å²) < 4.78 is 39.6. The zero-order valence-electron chi connectivity index (χ0n) is 16.4. The van der Waals surface area contributed by atoms with E-state index in [2.05, 4.69) is 15.5 Å². The highest BCUT2D eigenvalue weighted by Gasteiger charge is 2.39. The summed E-state index contributed by atoms with van der Waals surface area (Å²) >= 11 is 0.712. The van der Waals surface area contributed by atoms with Crippen LogP contribution in [-0.2, 0) is 11.0 Å². The molecule has 0 aliphatic heterocycles. The molecule has 0 radical (unpaired) electrons.